The van der Waals surface area contributed by atoms with Crippen LogP contribution in [-0.4, -0.2) is 38.9 Å². The molecular weight excluding hydrogens is 270 g/mol. The first-order valence-electron chi connectivity index (χ1n) is 7.09. The molecule has 1 aromatic rings. The number of nitrogens with one attached hydrogen (secondary N) is 1. The Hall–Kier alpha value is -1.75. The van der Waals surface area contributed by atoms with Gasteiger partial charge in [0.2, 0.25) is 0 Å². The predicted molar refractivity (Wildman–Crippen MR) is 79.8 cm³/mol. The van der Waals surface area contributed by atoms with E-state index in [1.165, 1.54) is 7.11 Å². The fourth-order valence-corrected chi connectivity index (χ4v) is 2.48. The van der Waals surface area contributed by atoms with Crippen molar-refractivity contribution in [2.24, 2.45) is 0 Å². The summed E-state index contributed by atoms with van der Waals surface area (Å²) in [5.74, 6) is 1.09. The average molecular weight is 293 g/mol. The molecule has 0 aromatic heterocycles. The SMILES string of the molecule is COC(=O)C(C)(Cc1ccc(OC)c(OC)c1)NC1CC1. The van der Waals surface area contributed by atoms with Gasteiger partial charge in [-0.1, -0.05) is 6.07 Å². The Bertz CT molecular complexity index is 513. The minimum atomic E-state index is -0.727. The van der Waals surface area contributed by atoms with E-state index in [1.54, 1.807) is 14.2 Å². The van der Waals surface area contributed by atoms with E-state index in [0.717, 1.165) is 18.4 Å². The molecule has 1 saturated carbocycles. The van der Waals surface area contributed by atoms with Crippen LogP contribution in [0.15, 0.2) is 18.2 Å². The maximum absolute atomic E-state index is 12.1. The zero-order chi connectivity index (χ0) is 15.5. The van der Waals surface area contributed by atoms with Gasteiger partial charge in [0.1, 0.15) is 5.54 Å². The van der Waals surface area contributed by atoms with Crippen LogP contribution in [0.1, 0.15) is 25.3 Å². The molecule has 1 aliphatic rings. The van der Waals surface area contributed by atoms with Gasteiger partial charge in [-0.25, -0.2) is 0 Å². The van der Waals surface area contributed by atoms with E-state index in [2.05, 4.69) is 5.32 Å². The third kappa shape index (κ3) is 3.67. The van der Waals surface area contributed by atoms with E-state index in [-0.39, 0.29) is 5.97 Å². The molecule has 0 saturated heterocycles. The number of carbonyl (C=O) groups is 1. The van der Waals surface area contributed by atoms with Crippen molar-refractivity contribution < 1.29 is 19.0 Å². The first-order valence-corrected chi connectivity index (χ1v) is 7.09. The summed E-state index contributed by atoms with van der Waals surface area (Å²) in [5, 5.41) is 3.39. The van der Waals surface area contributed by atoms with E-state index in [1.807, 2.05) is 25.1 Å². The molecule has 0 aliphatic heterocycles. The molecule has 116 valence electrons. The highest BCUT2D eigenvalue weighted by molar-refractivity contribution is 5.80. The second-order valence-corrected chi connectivity index (χ2v) is 5.61. The third-order valence-corrected chi connectivity index (χ3v) is 3.74. The lowest BCUT2D eigenvalue weighted by Crippen LogP contribution is -2.52. The molecule has 1 aliphatic carbocycles. The second kappa shape index (κ2) is 6.35. The fraction of sp³-hybridized carbons (Fsp3) is 0.562. The zero-order valence-corrected chi connectivity index (χ0v) is 13.1. The van der Waals surface area contributed by atoms with E-state index in [9.17, 15) is 4.79 Å². The van der Waals surface area contributed by atoms with Gasteiger partial charge in [-0.05, 0) is 37.5 Å². The first-order chi connectivity index (χ1) is 10.0. The van der Waals surface area contributed by atoms with E-state index in [4.69, 9.17) is 14.2 Å². The molecule has 1 unspecified atom stereocenters. The number of ether oxygens (including phenoxy) is 3. The van der Waals surface area contributed by atoms with Crippen LogP contribution in [0.25, 0.3) is 0 Å². The summed E-state index contributed by atoms with van der Waals surface area (Å²) in [4.78, 5) is 12.1. The van der Waals surface area contributed by atoms with Crippen LogP contribution in [0, 0.1) is 0 Å². The number of hydrogen-bond acceptors (Lipinski definition) is 5. The van der Waals surface area contributed by atoms with E-state index in [0.29, 0.717) is 24.0 Å². The van der Waals surface area contributed by atoms with Gasteiger partial charge in [0.15, 0.2) is 11.5 Å². The molecule has 1 N–H and O–H groups in total. The molecule has 1 fully saturated rings. The van der Waals surface area contributed by atoms with Crippen molar-refractivity contribution in [3.05, 3.63) is 23.8 Å². The van der Waals surface area contributed by atoms with Crippen molar-refractivity contribution in [2.75, 3.05) is 21.3 Å². The number of methoxy groups -OCH3 is 3. The lowest BCUT2D eigenvalue weighted by molar-refractivity contribution is -0.148. The van der Waals surface area contributed by atoms with Gasteiger partial charge in [0, 0.05) is 12.5 Å². The van der Waals surface area contributed by atoms with E-state index >= 15 is 0 Å². The Kier molecular flexibility index (Phi) is 4.73. The Morgan fingerprint density at radius 1 is 1.24 bits per heavy atom. The van der Waals surface area contributed by atoms with Crippen molar-refractivity contribution >= 4 is 5.97 Å². The van der Waals surface area contributed by atoms with Crippen LogP contribution in [0.3, 0.4) is 0 Å². The highest BCUT2D eigenvalue weighted by Gasteiger charge is 2.39. The summed E-state index contributed by atoms with van der Waals surface area (Å²) >= 11 is 0. The van der Waals surface area contributed by atoms with E-state index < -0.39 is 5.54 Å². The Morgan fingerprint density at radius 3 is 2.43 bits per heavy atom. The molecule has 5 nitrogen and oxygen atoms in total. The van der Waals surface area contributed by atoms with Crippen molar-refractivity contribution in [1.82, 2.24) is 5.32 Å². The largest absolute Gasteiger partial charge is 0.493 e. The van der Waals surface area contributed by atoms with Crippen LogP contribution in [-0.2, 0) is 16.0 Å². The molecule has 2 rings (SSSR count). The predicted octanol–water partition coefficient (Wildman–Crippen LogP) is 1.93. The maximum atomic E-state index is 12.1. The van der Waals surface area contributed by atoms with Crippen LogP contribution in [0.2, 0.25) is 0 Å². The average Bonchev–Trinajstić information content (AvgIpc) is 3.29. The number of benzene rings is 1. The van der Waals surface area contributed by atoms with Crippen LogP contribution in [0.4, 0.5) is 0 Å². The van der Waals surface area contributed by atoms with Crippen molar-refractivity contribution in [2.45, 2.75) is 37.8 Å². The van der Waals surface area contributed by atoms with Crippen LogP contribution < -0.4 is 14.8 Å². The summed E-state index contributed by atoms with van der Waals surface area (Å²) in [6.07, 6.45) is 2.76. The maximum Gasteiger partial charge on any atom is 0.326 e. The van der Waals surface area contributed by atoms with Gasteiger partial charge < -0.3 is 14.2 Å². The molecule has 1 aromatic carbocycles. The molecule has 21 heavy (non-hydrogen) atoms. The molecule has 0 heterocycles. The Morgan fingerprint density at radius 2 is 1.90 bits per heavy atom. The van der Waals surface area contributed by atoms with Crippen LogP contribution >= 0.6 is 0 Å². The van der Waals surface area contributed by atoms with Crippen LogP contribution in [0.5, 0.6) is 11.5 Å². The summed E-state index contributed by atoms with van der Waals surface area (Å²) in [6, 6.07) is 6.10. The van der Waals surface area contributed by atoms with Gasteiger partial charge >= 0.3 is 5.97 Å². The second-order valence-electron chi connectivity index (χ2n) is 5.61. The number of hydrogen-bond donors (Lipinski definition) is 1. The topological polar surface area (TPSA) is 56.8 Å². The lowest BCUT2D eigenvalue weighted by atomic mass is 9.92. The molecule has 0 spiro atoms. The summed E-state index contributed by atoms with van der Waals surface area (Å²) < 4.78 is 15.5. The van der Waals surface area contributed by atoms with Gasteiger partial charge in [-0.2, -0.15) is 0 Å². The minimum absolute atomic E-state index is 0.246. The normalized spacial score (nSPS) is 17.0. The molecular formula is C16H23NO4. The fourth-order valence-electron chi connectivity index (χ4n) is 2.48. The molecule has 0 radical (unpaired) electrons. The Labute approximate surface area is 125 Å². The van der Waals surface area contributed by atoms with Gasteiger partial charge in [0.25, 0.3) is 0 Å². The van der Waals surface area contributed by atoms with Crippen molar-refractivity contribution in [1.29, 1.82) is 0 Å². The summed E-state index contributed by atoms with van der Waals surface area (Å²) in [5.41, 5.74) is 0.267. The standard InChI is InChI=1S/C16H23NO4/c1-16(15(18)21-4,17-12-6-7-12)10-11-5-8-13(19-2)14(9-11)20-3/h5,8-9,12,17H,6-7,10H2,1-4H3. The molecule has 0 amide bonds. The van der Waals surface area contributed by atoms with Gasteiger partial charge in [-0.3, -0.25) is 10.1 Å². The summed E-state index contributed by atoms with van der Waals surface area (Å²) in [6.45, 7) is 1.88. The number of rotatable bonds is 7. The Balaban J connectivity index is 2.21. The third-order valence-electron chi connectivity index (χ3n) is 3.74. The number of carbonyl (C=O) groups excluding carboxylic acids is 1. The van der Waals surface area contributed by atoms with Crippen molar-refractivity contribution in [3.8, 4) is 11.5 Å². The molecule has 1 atom stereocenters. The minimum Gasteiger partial charge on any atom is -0.493 e. The van der Waals surface area contributed by atoms with Gasteiger partial charge in [-0.15, -0.1) is 0 Å². The first kappa shape index (κ1) is 15.6. The van der Waals surface area contributed by atoms with Gasteiger partial charge in [0.05, 0.1) is 21.3 Å². The zero-order valence-electron chi connectivity index (χ0n) is 13.1. The highest BCUT2D eigenvalue weighted by atomic mass is 16.5. The smallest absolute Gasteiger partial charge is 0.326 e. The quantitative estimate of drug-likeness (QED) is 0.779. The van der Waals surface area contributed by atoms with Crippen molar-refractivity contribution in [3.63, 3.8) is 0 Å². The molecule has 0 bridgehead atoms. The number of esters is 1. The lowest BCUT2D eigenvalue weighted by Gasteiger charge is -2.28. The molecule has 5 heteroatoms. The summed E-state index contributed by atoms with van der Waals surface area (Å²) in [7, 11) is 4.62. The monoisotopic (exact) mass is 293 g/mol. The highest BCUT2D eigenvalue weighted by Crippen LogP contribution is 2.30.